The molecular formula is C10H25FN4. The Hall–Kier alpha value is -0.230. The summed E-state index contributed by atoms with van der Waals surface area (Å²) < 4.78 is 13.2. The van der Waals surface area contributed by atoms with Crippen LogP contribution in [-0.2, 0) is 0 Å². The molecule has 0 aromatic carbocycles. The molecule has 0 amide bonds. The highest BCUT2D eigenvalue weighted by Crippen LogP contribution is 1.94. The molecule has 0 rings (SSSR count). The Kier molecular flexibility index (Phi) is 11.7. The molecule has 0 aliphatic heterocycles. The minimum atomic E-state index is -0.770. The van der Waals surface area contributed by atoms with E-state index in [0.717, 1.165) is 32.5 Å². The second kappa shape index (κ2) is 11.8. The fraction of sp³-hybridized carbons (Fsp3) is 1.00. The summed E-state index contributed by atoms with van der Waals surface area (Å²) in [6, 6.07) is 0. The number of rotatable bonds is 11. The van der Waals surface area contributed by atoms with Gasteiger partial charge in [0.25, 0.3) is 0 Å². The summed E-state index contributed by atoms with van der Waals surface area (Å²) in [5.74, 6) is 0. The maximum atomic E-state index is 13.2. The Morgan fingerprint density at radius 2 is 1.53 bits per heavy atom. The van der Waals surface area contributed by atoms with Gasteiger partial charge in [-0.1, -0.05) is 0 Å². The van der Waals surface area contributed by atoms with Gasteiger partial charge < -0.3 is 22.1 Å². The van der Waals surface area contributed by atoms with Crippen molar-refractivity contribution < 1.29 is 4.39 Å². The predicted octanol–water partition coefficient (Wildman–Crippen LogP) is -0.409. The van der Waals surface area contributed by atoms with Crippen LogP contribution < -0.4 is 22.1 Å². The van der Waals surface area contributed by atoms with Gasteiger partial charge in [0.1, 0.15) is 6.17 Å². The van der Waals surface area contributed by atoms with Gasteiger partial charge in [-0.05, 0) is 52.0 Å². The molecule has 92 valence electrons. The summed E-state index contributed by atoms with van der Waals surface area (Å²) >= 11 is 0. The molecule has 0 aromatic rings. The summed E-state index contributed by atoms with van der Waals surface area (Å²) in [5.41, 5.74) is 10.6. The molecule has 0 fully saturated rings. The van der Waals surface area contributed by atoms with Crippen LogP contribution in [0, 0.1) is 0 Å². The number of hydrogen-bond donors (Lipinski definition) is 4. The number of alkyl halides is 1. The van der Waals surface area contributed by atoms with E-state index in [1.165, 1.54) is 0 Å². The average molecular weight is 220 g/mol. The van der Waals surface area contributed by atoms with Gasteiger partial charge in [-0.15, -0.1) is 0 Å². The second-order valence-electron chi connectivity index (χ2n) is 3.62. The lowest BCUT2D eigenvalue weighted by Gasteiger charge is -2.10. The van der Waals surface area contributed by atoms with Gasteiger partial charge in [-0.3, -0.25) is 0 Å². The van der Waals surface area contributed by atoms with Crippen molar-refractivity contribution in [3.05, 3.63) is 0 Å². The van der Waals surface area contributed by atoms with Crippen molar-refractivity contribution in [1.82, 2.24) is 10.6 Å². The van der Waals surface area contributed by atoms with Gasteiger partial charge in [0.05, 0.1) is 0 Å². The third kappa shape index (κ3) is 11.7. The van der Waals surface area contributed by atoms with E-state index < -0.39 is 6.17 Å². The molecule has 1 atom stereocenters. The van der Waals surface area contributed by atoms with E-state index in [1.807, 2.05) is 0 Å². The van der Waals surface area contributed by atoms with Crippen molar-refractivity contribution in [1.29, 1.82) is 0 Å². The fourth-order valence-electron chi connectivity index (χ4n) is 1.20. The molecule has 0 aliphatic rings. The zero-order chi connectivity index (χ0) is 11.4. The van der Waals surface area contributed by atoms with Crippen molar-refractivity contribution in [2.24, 2.45) is 11.5 Å². The fourth-order valence-corrected chi connectivity index (χ4v) is 1.20. The third-order valence-electron chi connectivity index (χ3n) is 2.12. The van der Waals surface area contributed by atoms with Crippen LogP contribution in [0.4, 0.5) is 4.39 Å². The monoisotopic (exact) mass is 220 g/mol. The van der Waals surface area contributed by atoms with Gasteiger partial charge in [0, 0.05) is 6.54 Å². The Balaban J connectivity index is 3.08. The van der Waals surface area contributed by atoms with Crippen LogP contribution in [0.2, 0.25) is 0 Å². The van der Waals surface area contributed by atoms with E-state index >= 15 is 0 Å². The molecule has 0 spiro atoms. The van der Waals surface area contributed by atoms with Crippen molar-refractivity contribution in [2.75, 3.05) is 39.3 Å². The zero-order valence-electron chi connectivity index (χ0n) is 9.47. The maximum absolute atomic E-state index is 13.2. The first-order valence-corrected chi connectivity index (χ1v) is 5.77. The van der Waals surface area contributed by atoms with Crippen LogP contribution in [0.25, 0.3) is 0 Å². The SMILES string of the molecule is NCCCNCCC(F)CNCCCN. The highest BCUT2D eigenvalue weighted by Gasteiger charge is 2.04. The molecule has 0 aromatic heterocycles. The molecule has 1 unspecified atom stereocenters. The summed E-state index contributed by atoms with van der Waals surface area (Å²) in [6.07, 6.45) is 1.64. The third-order valence-corrected chi connectivity index (χ3v) is 2.12. The predicted molar refractivity (Wildman–Crippen MR) is 62.6 cm³/mol. The van der Waals surface area contributed by atoms with Crippen LogP contribution in [0.3, 0.4) is 0 Å². The minimum Gasteiger partial charge on any atom is -0.330 e. The van der Waals surface area contributed by atoms with Crippen LogP contribution >= 0.6 is 0 Å². The molecule has 0 saturated carbocycles. The van der Waals surface area contributed by atoms with Crippen molar-refractivity contribution in [3.63, 3.8) is 0 Å². The lowest BCUT2D eigenvalue weighted by molar-refractivity contribution is 0.298. The topological polar surface area (TPSA) is 76.1 Å². The van der Waals surface area contributed by atoms with E-state index in [1.54, 1.807) is 0 Å². The van der Waals surface area contributed by atoms with Crippen LogP contribution in [-0.4, -0.2) is 45.4 Å². The van der Waals surface area contributed by atoms with E-state index in [0.29, 0.717) is 26.1 Å². The molecule has 6 N–H and O–H groups in total. The van der Waals surface area contributed by atoms with Crippen LogP contribution in [0.1, 0.15) is 19.3 Å². The summed E-state index contributed by atoms with van der Waals surface area (Å²) in [4.78, 5) is 0. The van der Waals surface area contributed by atoms with Crippen molar-refractivity contribution in [2.45, 2.75) is 25.4 Å². The molecule has 0 radical (unpaired) electrons. The van der Waals surface area contributed by atoms with Gasteiger partial charge in [0.2, 0.25) is 0 Å². The first-order valence-electron chi connectivity index (χ1n) is 5.77. The van der Waals surface area contributed by atoms with Gasteiger partial charge in [0.15, 0.2) is 0 Å². The van der Waals surface area contributed by atoms with Gasteiger partial charge in [-0.25, -0.2) is 4.39 Å². The van der Waals surface area contributed by atoms with E-state index in [-0.39, 0.29) is 0 Å². The summed E-state index contributed by atoms with van der Waals surface area (Å²) in [7, 11) is 0. The first-order chi connectivity index (χ1) is 7.31. The lowest BCUT2D eigenvalue weighted by atomic mass is 10.2. The normalized spacial score (nSPS) is 13.0. The van der Waals surface area contributed by atoms with Crippen molar-refractivity contribution in [3.8, 4) is 0 Å². The number of halogens is 1. The quantitative estimate of drug-likeness (QED) is 0.357. The van der Waals surface area contributed by atoms with E-state index in [9.17, 15) is 4.39 Å². The van der Waals surface area contributed by atoms with E-state index in [4.69, 9.17) is 11.5 Å². The molecule has 15 heavy (non-hydrogen) atoms. The van der Waals surface area contributed by atoms with Gasteiger partial charge >= 0.3 is 0 Å². The Labute approximate surface area is 92.0 Å². The molecule has 0 heterocycles. The Bertz CT molecular complexity index is 124. The Morgan fingerprint density at radius 1 is 0.933 bits per heavy atom. The van der Waals surface area contributed by atoms with Crippen LogP contribution in [0.5, 0.6) is 0 Å². The molecule has 0 saturated heterocycles. The highest BCUT2D eigenvalue weighted by atomic mass is 19.1. The van der Waals surface area contributed by atoms with Crippen molar-refractivity contribution >= 4 is 0 Å². The number of nitrogens with two attached hydrogens (primary N) is 2. The highest BCUT2D eigenvalue weighted by molar-refractivity contribution is 4.62. The largest absolute Gasteiger partial charge is 0.330 e. The number of hydrogen-bond acceptors (Lipinski definition) is 4. The second-order valence-corrected chi connectivity index (χ2v) is 3.62. The van der Waals surface area contributed by atoms with Gasteiger partial charge in [-0.2, -0.15) is 0 Å². The minimum absolute atomic E-state index is 0.429. The Morgan fingerprint density at radius 3 is 2.13 bits per heavy atom. The molecule has 0 aliphatic carbocycles. The molecule has 0 bridgehead atoms. The smallest absolute Gasteiger partial charge is 0.114 e. The van der Waals surface area contributed by atoms with Crippen LogP contribution in [0.15, 0.2) is 0 Å². The average Bonchev–Trinajstić information content (AvgIpc) is 2.24. The number of nitrogens with one attached hydrogen (secondary N) is 2. The lowest BCUT2D eigenvalue weighted by Crippen LogP contribution is -2.29. The molecule has 4 nitrogen and oxygen atoms in total. The standard InChI is InChI=1S/C10H25FN4/c11-10(9-15-7-2-5-13)3-8-14-6-1-4-12/h10,14-15H,1-9,12-13H2. The van der Waals surface area contributed by atoms with E-state index in [2.05, 4.69) is 10.6 Å². The summed E-state index contributed by atoms with van der Waals surface area (Å²) in [6.45, 7) is 4.18. The first kappa shape index (κ1) is 14.8. The molecule has 5 heteroatoms. The maximum Gasteiger partial charge on any atom is 0.114 e. The molecular weight excluding hydrogens is 195 g/mol. The summed E-state index contributed by atoms with van der Waals surface area (Å²) in [5, 5.41) is 6.19. The zero-order valence-corrected chi connectivity index (χ0v) is 9.47.